The molecule has 0 heterocycles. The fourth-order valence-electron chi connectivity index (χ4n) is 1.14. The Balaban J connectivity index is 2.82. The van der Waals surface area contributed by atoms with Gasteiger partial charge in [0, 0.05) is 0 Å². The molecule has 18 heavy (non-hydrogen) atoms. The molecule has 1 aromatic rings. The fraction of sp³-hybridized carbons (Fsp3) is 0.455. The summed E-state index contributed by atoms with van der Waals surface area (Å²) in [7, 11) is -2.15. The van der Waals surface area contributed by atoms with Gasteiger partial charge in [-0.1, -0.05) is 18.7 Å². The number of benzene rings is 1. The first-order chi connectivity index (χ1) is 8.36. The van der Waals surface area contributed by atoms with E-state index in [4.69, 9.17) is 9.57 Å². The van der Waals surface area contributed by atoms with Gasteiger partial charge in [0.15, 0.2) is 0 Å². The summed E-state index contributed by atoms with van der Waals surface area (Å²) in [5.41, 5.74) is 0. The normalized spacial score (nSPS) is 11.8. The van der Waals surface area contributed by atoms with Crippen molar-refractivity contribution in [2.45, 2.75) is 18.7 Å². The van der Waals surface area contributed by atoms with Crippen LogP contribution in [0.25, 0.3) is 0 Å². The van der Waals surface area contributed by atoms with Crippen LogP contribution in [0.1, 0.15) is 13.8 Å². The standard InChI is InChI=1S/C11H16BrNO4S/c1-8(2)7-17-13-18(14,15)9-4-5-11(16-3)10(12)6-9/h4-6,8,13H,7H2,1-3H3. The van der Waals surface area contributed by atoms with Crippen molar-refractivity contribution in [3.05, 3.63) is 22.7 Å². The van der Waals surface area contributed by atoms with Crippen LogP contribution in [0.3, 0.4) is 0 Å². The van der Waals surface area contributed by atoms with Crippen LogP contribution < -0.4 is 9.62 Å². The first-order valence-electron chi connectivity index (χ1n) is 5.34. The second kappa shape index (κ2) is 6.51. The molecule has 0 atom stereocenters. The lowest BCUT2D eigenvalue weighted by Crippen LogP contribution is -2.25. The molecular weight excluding hydrogens is 322 g/mol. The van der Waals surface area contributed by atoms with Gasteiger partial charge in [-0.2, -0.15) is 0 Å². The molecule has 0 amide bonds. The minimum absolute atomic E-state index is 0.110. The molecule has 0 radical (unpaired) electrons. The van der Waals surface area contributed by atoms with Crippen molar-refractivity contribution in [3.63, 3.8) is 0 Å². The van der Waals surface area contributed by atoms with Crippen molar-refractivity contribution in [1.82, 2.24) is 4.89 Å². The van der Waals surface area contributed by atoms with Gasteiger partial charge in [0.05, 0.1) is 23.1 Å². The third kappa shape index (κ3) is 4.24. The summed E-state index contributed by atoms with van der Waals surface area (Å²) in [4.78, 5) is 7.12. The average molecular weight is 338 g/mol. The Morgan fingerprint density at radius 3 is 2.56 bits per heavy atom. The number of hydrogen-bond acceptors (Lipinski definition) is 4. The van der Waals surface area contributed by atoms with E-state index < -0.39 is 10.0 Å². The molecule has 1 N–H and O–H groups in total. The van der Waals surface area contributed by atoms with Crippen LogP contribution in [0.5, 0.6) is 5.75 Å². The summed E-state index contributed by atoms with van der Waals surface area (Å²) in [6.07, 6.45) is 0. The Bertz CT molecular complexity index is 502. The van der Waals surface area contributed by atoms with Crippen LogP contribution in [0.15, 0.2) is 27.6 Å². The van der Waals surface area contributed by atoms with E-state index >= 15 is 0 Å². The summed E-state index contributed by atoms with van der Waals surface area (Å²) < 4.78 is 29.3. The minimum atomic E-state index is -3.66. The minimum Gasteiger partial charge on any atom is -0.496 e. The van der Waals surface area contributed by atoms with Crippen molar-refractivity contribution in [1.29, 1.82) is 0 Å². The van der Waals surface area contributed by atoms with Crippen molar-refractivity contribution < 1.29 is 18.0 Å². The number of sulfonamides is 1. The molecule has 0 aliphatic carbocycles. The maximum absolute atomic E-state index is 11.9. The Morgan fingerprint density at radius 1 is 1.39 bits per heavy atom. The van der Waals surface area contributed by atoms with Crippen molar-refractivity contribution in [2.24, 2.45) is 5.92 Å². The molecule has 5 nitrogen and oxygen atoms in total. The molecule has 0 aliphatic rings. The number of ether oxygens (including phenoxy) is 1. The molecule has 0 saturated heterocycles. The van der Waals surface area contributed by atoms with Gasteiger partial charge in [0.25, 0.3) is 10.0 Å². The lowest BCUT2D eigenvalue weighted by molar-refractivity contribution is 0.0718. The largest absolute Gasteiger partial charge is 0.496 e. The molecule has 0 bridgehead atoms. The molecule has 1 rings (SSSR count). The molecule has 1 aromatic carbocycles. The highest BCUT2D eigenvalue weighted by molar-refractivity contribution is 9.10. The van der Waals surface area contributed by atoms with E-state index in [0.717, 1.165) is 0 Å². The molecule has 0 unspecified atom stereocenters. The number of methoxy groups -OCH3 is 1. The van der Waals surface area contributed by atoms with E-state index in [1.807, 2.05) is 13.8 Å². The first kappa shape index (κ1) is 15.4. The lowest BCUT2D eigenvalue weighted by Gasteiger charge is -2.10. The topological polar surface area (TPSA) is 64.6 Å². The monoisotopic (exact) mass is 337 g/mol. The Kier molecular flexibility index (Phi) is 5.58. The highest BCUT2D eigenvalue weighted by Crippen LogP contribution is 2.27. The van der Waals surface area contributed by atoms with Gasteiger partial charge in [-0.05, 0) is 40.0 Å². The molecule has 7 heteroatoms. The maximum atomic E-state index is 11.9. The number of nitrogens with one attached hydrogen (secondary N) is 1. The summed E-state index contributed by atoms with van der Waals surface area (Å²) in [5.74, 6) is 0.812. The summed E-state index contributed by atoms with van der Waals surface area (Å²) in [6, 6.07) is 4.48. The van der Waals surface area contributed by atoms with Crippen LogP contribution in [0.2, 0.25) is 0 Å². The molecule has 0 saturated carbocycles. The van der Waals surface area contributed by atoms with Gasteiger partial charge in [-0.25, -0.2) is 8.42 Å². The van der Waals surface area contributed by atoms with E-state index in [-0.39, 0.29) is 10.8 Å². The predicted molar refractivity (Wildman–Crippen MR) is 71.8 cm³/mol. The second-order valence-corrected chi connectivity index (χ2v) is 6.59. The predicted octanol–water partition coefficient (Wildman–Crippen LogP) is 2.32. The van der Waals surface area contributed by atoms with Crippen molar-refractivity contribution in [3.8, 4) is 5.75 Å². The molecule has 0 spiro atoms. The molecule has 0 aromatic heterocycles. The first-order valence-corrected chi connectivity index (χ1v) is 7.61. The third-order valence-corrected chi connectivity index (χ3v) is 3.85. The highest BCUT2D eigenvalue weighted by Gasteiger charge is 2.16. The Labute approximate surface area is 116 Å². The number of hydrogen-bond donors (Lipinski definition) is 1. The van der Waals surface area contributed by atoms with Gasteiger partial charge in [-0.15, -0.1) is 0 Å². The fourth-order valence-corrected chi connectivity index (χ4v) is 2.67. The van der Waals surface area contributed by atoms with Gasteiger partial charge < -0.3 is 4.74 Å². The molecule has 0 fully saturated rings. The number of rotatable bonds is 6. The van der Waals surface area contributed by atoms with E-state index in [1.54, 1.807) is 6.07 Å². The van der Waals surface area contributed by atoms with Gasteiger partial charge >= 0.3 is 0 Å². The number of halogens is 1. The van der Waals surface area contributed by atoms with Crippen LogP contribution in [-0.2, 0) is 14.9 Å². The van der Waals surface area contributed by atoms with Crippen molar-refractivity contribution in [2.75, 3.05) is 13.7 Å². The molecule has 102 valence electrons. The van der Waals surface area contributed by atoms with E-state index in [2.05, 4.69) is 20.8 Å². The zero-order chi connectivity index (χ0) is 13.8. The highest BCUT2D eigenvalue weighted by atomic mass is 79.9. The summed E-state index contributed by atoms with van der Waals surface area (Å²) in [5, 5.41) is 0. The molecule has 0 aliphatic heterocycles. The Morgan fingerprint density at radius 2 is 2.06 bits per heavy atom. The third-order valence-electron chi connectivity index (χ3n) is 2.02. The SMILES string of the molecule is COc1ccc(S(=O)(=O)NOCC(C)C)cc1Br. The second-order valence-electron chi connectivity index (χ2n) is 4.09. The summed E-state index contributed by atoms with van der Waals surface area (Å²) in [6.45, 7) is 4.17. The van der Waals surface area contributed by atoms with Crippen LogP contribution >= 0.6 is 15.9 Å². The lowest BCUT2D eigenvalue weighted by atomic mass is 10.2. The van der Waals surface area contributed by atoms with Crippen molar-refractivity contribution >= 4 is 26.0 Å². The van der Waals surface area contributed by atoms with Crippen LogP contribution in [0, 0.1) is 5.92 Å². The quantitative estimate of drug-likeness (QED) is 0.809. The Hall–Kier alpha value is -0.630. The van der Waals surface area contributed by atoms with Crippen LogP contribution in [0.4, 0.5) is 0 Å². The van der Waals surface area contributed by atoms with Gasteiger partial charge in [-0.3, -0.25) is 4.84 Å². The van der Waals surface area contributed by atoms with E-state index in [0.29, 0.717) is 16.8 Å². The zero-order valence-corrected chi connectivity index (χ0v) is 12.8. The van der Waals surface area contributed by atoms with Crippen LogP contribution in [-0.4, -0.2) is 22.1 Å². The summed E-state index contributed by atoms with van der Waals surface area (Å²) >= 11 is 3.23. The van der Waals surface area contributed by atoms with Gasteiger partial charge in [0.1, 0.15) is 5.75 Å². The van der Waals surface area contributed by atoms with Gasteiger partial charge in [0.2, 0.25) is 0 Å². The average Bonchev–Trinajstić information content (AvgIpc) is 2.28. The van der Waals surface area contributed by atoms with E-state index in [1.165, 1.54) is 19.2 Å². The zero-order valence-electron chi connectivity index (χ0n) is 10.4. The maximum Gasteiger partial charge on any atom is 0.262 e. The molecular formula is C11H16BrNO4S. The smallest absolute Gasteiger partial charge is 0.262 e. The van der Waals surface area contributed by atoms with E-state index in [9.17, 15) is 8.42 Å².